The van der Waals surface area contributed by atoms with E-state index in [0.717, 1.165) is 22.9 Å². The van der Waals surface area contributed by atoms with Crippen molar-refractivity contribution in [1.29, 1.82) is 0 Å². The highest BCUT2D eigenvalue weighted by atomic mass is 32.2. The van der Waals surface area contributed by atoms with Gasteiger partial charge in [-0.2, -0.15) is 0 Å². The summed E-state index contributed by atoms with van der Waals surface area (Å²) in [7, 11) is 4.57. The van der Waals surface area contributed by atoms with Crippen molar-refractivity contribution in [3.05, 3.63) is 58.0 Å². The molecule has 7 heteroatoms. The summed E-state index contributed by atoms with van der Waals surface area (Å²) in [6, 6.07) is 11.2. The number of aryl methyl sites for hydroxylation is 1. The van der Waals surface area contributed by atoms with Gasteiger partial charge < -0.3 is 14.2 Å². The number of rotatable bonds is 6. The van der Waals surface area contributed by atoms with E-state index in [1.807, 2.05) is 31.2 Å². The Labute approximate surface area is 168 Å². The topological polar surface area (TPSA) is 65.1 Å². The number of benzene rings is 2. The third kappa shape index (κ3) is 3.99. The maximum absolute atomic E-state index is 12.8. The highest BCUT2D eigenvalue weighted by Gasteiger charge is 2.35. The normalized spacial score (nSPS) is 15.3. The largest absolute Gasteiger partial charge is 0.493 e. The van der Waals surface area contributed by atoms with Crippen LogP contribution in [0.4, 0.5) is 4.79 Å². The summed E-state index contributed by atoms with van der Waals surface area (Å²) in [5.74, 6) is 1.11. The standard InChI is InChI=1S/C21H21NO5S/c1-13-6-5-7-14(8-13)12-22-20(23)18(28-21(22)24)11-15-9-16(25-2)19(27-4)17(10-15)26-3/h5-11H,12H2,1-4H3/b18-11+. The first kappa shape index (κ1) is 19.8. The molecule has 1 saturated heterocycles. The molecule has 0 atom stereocenters. The molecule has 0 radical (unpaired) electrons. The van der Waals surface area contributed by atoms with Crippen LogP contribution in [0.2, 0.25) is 0 Å². The number of hydrogen-bond donors (Lipinski definition) is 0. The Hall–Kier alpha value is -2.93. The Bertz CT molecular complexity index is 929. The Kier molecular flexibility index (Phi) is 5.94. The summed E-state index contributed by atoms with van der Waals surface area (Å²) in [6.07, 6.45) is 1.66. The average Bonchev–Trinajstić information content (AvgIpc) is 2.94. The number of hydrogen-bond acceptors (Lipinski definition) is 6. The van der Waals surface area contributed by atoms with Crippen molar-refractivity contribution in [2.45, 2.75) is 13.5 Å². The summed E-state index contributed by atoms with van der Waals surface area (Å²) in [6.45, 7) is 2.22. The summed E-state index contributed by atoms with van der Waals surface area (Å²) < 4.78 is 16.0. The molecule has 28 heavy (non-hydrogen) atoms. The number of ether oxygens (including phenoxy) is 3. The SMILES string of the molecule is COc1cc(/C=C2/SC(=O)N(Cc3cccc(C)c3)C2=O)cc(OC)c1OC. The Morgan fingerprint density at radius 1 is 1.00 bits per heavy atom. The van der Waals surface area contributed by atoms with Crippen LogP contribution < -0.4 is 14.2 Å². The van der Waals surface area contributed by atoms with Crippen LogP contribution in [0.25, 0.3) is 6.08 Å². The molecule has 2 amide bonds. The van der Waals surface area contributed by atoms with E-state index >= 15 is 0 Å². The lowest BCUT2D eigenvalue weighted by atomic mass is 10.1. The van der Waals surface area contributed by atoms with E-state index < -0.39 is 0 Å². The summed E-state index contributed by atoms with van der Waals surface area (Å²) in [4.78, 5) is 26.8. The van der Waals surface area contributed by atoms with Gasteiger partial charge >= 0.3 is 0 Å². The third-order valence-corrected chi connectivity index (χ3v) is 5.19. The van der Waals surface area contributed by atoms with E-state index in [0.29, 0.717) is 27.7 Å². The van der Waals surface area contributed by atoms with Crippen LogP contribution in [0.15, 0.2) is 41.3 Å². The van der Waals surface area contributed by atoms with Gasteiger partial charge in [0.25, 0.3) is 11.1 Å². The second-order valence-electron chi connectivity index (χ2n) is 6.22. The number of carbonyl (C=O) groups excluding carboxylic acids is 2. The van der Waals surface area contributed by atoms with Crippen molar-refractivity contribution in [3.8, 4) is 17.2 Å². The smallest absolute Gasteiger partial charge is 0.293 e. The van der Waals surface area contributed by atoms with Gasteiger partial charge in [-0.1, -0.05) is 29.8 Å². The van der Waals surface area contributed by atoms with Gasteiger partial charge in [-0.3, -0.25) is 14.5 Å². The number of carbonyl (C=O) groups is 2. The molecule has 6 nitrogen and oxygen atoms in total. The lowest BCUT2D eigenvalue weighted by molar-refractivity contribution is -0.123. The lowest BCUT2D eigenvalue weighted by Gasteiger charge is -2.13. The monoisotopic (exact) mass is 399 g/mol. The van der Waals surface area contributed by atoms with Crippen LogP contribution >= 0.6 is 11.8 Å². The van der Waals surface area contributed by atoms with E-state index in [1.54, 1.807) is 18.2 Å². The minimum atomic E-state index is -0.315. The number of methoxy groups -OCH3 is 3. The molecule has 1 aliphatic rings. The average molecular weight is 399 g/mol. The highest BCUT2D eigenvalue weighted by Crippen LogP contribution is 2.40. The first-order valence-corrected chi connectivity index (χ1v) is 9.39. The van der Waals surface area contributed by atoms with Crippen LogP contribution in [0.3, 0.4) is 0 Å². The lowest BCUT2D eigenvalue weighted by Crippen LogP contribution is -2.27. The molecule has 3 rings (SSSR count). The highest BCUT2D eigenvalue weighted by molar-refractivity contribution is 8.18. The molecule has 1 aliphatic heterocycles. The van der Waals surface area contributed by atoms with Gasteiger partial charge in [0.05, 0.1) is 32.8 Å². The van der Waals surface area contributed by atoms with Gasteiger partial charge in [-0.05, 0) is 48.0 Å². The van der Waals surface area contributed by atoms with Crippen LogP contribution in [0.5, 0.6) is 17.2 Å². The summed E-state index contributed by atoms with van der Waals surface area (Å²) >= 11 is 0.923. The molecule has 146 valence electrons. The molecule has 1 heterocycles. The molecular formula is C21H21NO5S. The number of nitrogens with zero attached hydrogens (tertiary/aromatic N) is 1. The molecule has 1 fully saturated rings. The van der Waals surface area contributed by atoms with Gasteiger partial charge in [-0.15, -0.1) is 0 Å². The number of amides is 2. The maximum atomic E-state index is 12.8. The van der Waals surface area contributed by atoms with Gasteiger partial charge in [0, 0.05) is 0 Å². The van der Waals surface area contributed by atoms with E-state index in [-0.39, 0.29) is 17.7 Å². The quantitative estimate of drug-likeness (QED) is 0.677. The zero-order valence-corrected chi connectivity index (χ0v) is 17.0. The maximum Gasteiger partial charge on any atom is 0.293 e. The van der Waals surface area contributed by atoms with Gasteiger partial charge in [-0.25, -0.2) is 0 Å². The van der Waals surface area contributed by atoms with Crippen molar-refractivity contribution in [2.75, 3.05) is 21.3 Å². The van der Waals surface area contributed by atoms with Crippen molar-refractivity contribution in [3.63, 3.8) is 0 Å². The van der Waals surface area contributed by atoms with E-state index in [2.05, 4.69) is 0 Å². The van der Waals surface area contributed by atoms with Gasteiger partial charge in [0.1, 0.15) is 0 Å². The van der Waals surface area contributed by atoms with Crippen molar-refractivity contribution >= 4 is 29.0 Å². The van der Waals surface area contributed by atoms with E-state index in [1.165, 1.54) is 26.2 Å². The second kappa shape index (κ2) is 8.39. The molecular weight excluding hydrogens is 378 g/mol. The van der Waals surface area contributed by atoms with E-state index in [9.17, 15) is 9.59 Å². The molecule has 0 N–H and O–H groups in total. The fraction of sp³-hybridized carbons (Fsp3) is 0.238. The van der Waals surface area contributed by atoms with Crippen molar-refractivity contribution in [2.24, 2.45) is 0 Å². The summed E-state index contributed by atoms with van der Waals surface area (Å²) in [5, 5.41) is -0.287. The molecule has 0 unspecified atom stereocenters. The summed E-state index contributed by atoms with van der Waals surface area (Å²) in [5.41, 5.74) is 2.67. The van der Waals surface area contributed by atoms with Crippen LogP contribution in [0.1, 0.15) is 16.7 Å². The molecule has 2 aromatic carbocycles. The Morgan fingerprint density at radius 3 is 2.25 bits per heavy atom. The second-order valence-corrected chi connectivity index (χ2v) is 7.21. The van der Waals surface area contributed by atoms with Gasteiger partial charge in [0.2, 0.25) is 5.75 Å². The molecule has 0 saturated carbocycles. The molecule has 0 aliphatic carbocycles. The van der Waals surface area contributed by atoms with E-state index in [4.69, 9.17) is 14.2 Å². The predicted molar refractivity (Wildman–Crippen MR) is 109 cm³/mol. The molecule has 0 spiro atoms. The van der Waals surface area contributed by atoms with Crippen molar-refractivity contribution < 1.29 is 23.8 Å². The number of imide groups is 1. The Morgan fingerprint density at radius 2 is 1.68 bits per heavy atom. The van der Waals surface area contributed by atoms with Crippen LogP contribution in [-0.4, -0.2) is 37.4 Å². The van der Waals surface area contributed by atoms with Crippen LogP contribution in [0, 0.1) is 6.92 Å². The fourth-order valence-corrected chi connectivity index (χ4v) is 3.80. The first-order valence-electron chi connectivity index (χ1n) is 8.57. The third-order valence-electron chi connectivity index (χ3n) is 4.28. The Balaban J connectivity index is 1.89. The minimum absolute atomic E-state index is 0.249. The fourth-order valence-electron chi connectivity index (χ4n) is 2.97. The van der Waals surface area contributed by atoms with Crippen LogP contribution in [-0.2, 0) is 11.3 Å². The molecule has 0 aromatic heterocycles. The molecule has 0 bridgehead atoms. The van der Waals surface area contributed by atoms with Gasteiger partial charge in [0.15, 0.2) is 11.5 Å². The zero-order valence-electron chi connectivity index (χ0n) is 16.1. The predicted octanol–water partition coefficient (Wildman–Crippen LogP) is 4.26. The molecule has 2 aromatic rings. The zero-order chi connectivity index (χ0) is 20.3. The minimum Gasteiger partial charge on any atom is -0.493 e. The van der Waals surface area contributed by atoms with Crippen molar-refractivity contribution in [1.82, 2.24) is 4.90 Å². The first-order chi connectivity index (χ1) is 13.5. The number of thioether (sulfide) groups is 1.